The summed E-state index contributed by atoms with van der Waals surface area (Å²) in [6, 6.07) is 8.94. The third-order valence-electron chi connectivity index (χ3n) is 3.34. The molecule has 1 aliphatic rings. The van der Waals surface area contributed by atoms with E-state index in [2.05, 4.69) is 43.2 Å². The van der Waals surface area contributed by atoms with Crippen LogP contribution in [0.2, 0.25) is 0 Å². The van der Waals surface area contributed by atoms with Gasteiger partial charge in [0.25, 0.3) is 0 Å². The molecule has 92 valence electrons. The Kier molecular flexibility index (Phi) is 4.26. The van der Waals surface area contributed by atoms with Crippen molar-refractivity contribution in [2.75, 3.05) is 0 Å². The van der Waals surface area contributed by atoms with Gasteiger partial charge in [0.15, 0.2) is 0 Å². The fourth-order valence-corrected chi connectivity index (χ4v) is 3.57. The standard InChI is InChI=1S/C14H20N2S/c1-3-10(2)8-12(16-15)14-9-11-6-4-5-7-13(11)17-14/h4-7,12,14,16H,2-3,8-9,15H2,1H3. The lowest BCUT2D eigenvalue weighted by Gasteiger charge is -2.22. The van der Waals surface area contributed by atoms with Gasteiger partial charge in [-0.25, -0.2) is 0 Å². The molecule has 1 aliphatic heterocycles. The fraction of sp³-hybridized carbons (Fsp3) is 0.429. The van der Waals surface area contributed by atoms with E-state index < -0.39 is 0 Å². The first-order valence-electron chi connectivity index (χ1n) is 6.12. The third-order valence-corrected chi connectivity index (χ3v) is 4.79. The van der Waals surface area contributed by atoms with Crippen LogP contribution < -0.4 is 11.3 Å². The van der Waals surface area contributed by atoms with Crippen LogP contribution in [-0.4, -0.2) is 11.3 Å². The van der Waals surface area contributed by atoms with Crippen LogP contribution in [0.15, 0.2) is 41.3 Å². The number of fused-ring (bicyclic) bond motifs is 1. The van der Waals surface area contributed by atoms with E-state index in [-0.39, 0.29) is 0 Å². The second-order valence-electron chi connectivity index (χ2n) is 4.55. The van der Waals surface area contributed by atoms with Crippen molar-refractivity contribution in [1.29, 1.82) is 0 Å². The zero-order valence-corrected chi connectivity index (χ0v) is 11.1. The average molecular weight is 248 g/mol. The van der Waals surface area contributed by atoms with Crippen LogP contribution in [0.25, 0.3) is 0 Å². The normalized spacial score (nSPS) is 20.0. The first kappa shape index (κ1) is 12.7. The van der Waals surface area contributed by atoms with E-state index in [1.165, 1.54) is 16.0 Å². The molecule has 3 heteroatoms. The predicted molar refractivity (Wildman–Crippen MR) is 75.0 cm³/mol. The van der Waals surface area contributed by atoms with Gasteiger partial charge in [-0.05, 0) is 30.9 Å². The van der Waals surface area contributed by atoms with Crippen LogP contribution >= 0.6 is 11.8 Å². The molecule has 0 fully saturated rings. The van der Waals surface area contributed by atoms with Crippen LogP contribution in [0, 0.1) is 0 Å². The van der Waals surface area contributed by atoms with E-state index in [0.29, 0.717) is 11.3 Å². The Morgan fingerprint density at radius 3 is 3.00 bits per heavy atom. The summed E-state index contributed by atoms with van der Waals surface area (Å²) in [6.07, 6.45) is 3.11. The molecule has 2 atom stereocenters. The lowest BCUT2D eigenvalue weighted by atomic mass is 9.99. The van der Waals surface area contributed by atoms with Crippen molar-refractivity contribution in [3.8, 4) is 0 Å². The highest BCUT2D eigenvalue weighted by atomic mass is 32.2. The number of thioether (sulfide) groups is 1. The number of nitrogens with one attached hydrogen (secondary N) is 1. The predicted octanol–water partition coefficient (Wildman–Crippen LogP) is 2.89. The van der Waals surface area contributed by atoms with Gasteiger partial charge in [0.1, 0.15) is 0 Å². The first-order valence-corrected chi connectivity index (χ1v) is 7.00. The Labute approximate surface area is 108 Å². The maximum Gasteiger partial charge on any atom is 0.0373 e. The van der Waals surface area contributed by atoms with Gasteiger partial charge in [-0.1, -0.05) is 37.3 Å². The zero-order chi connectivity index (χ0) is 12.3. The van der Waals surface area contributed by atoms with Gasteiger partial charge >= 0.3 is 0 Å². The molecular weight excluding hydrogens is 228 g/mol. The van der Waals surface area contributed by atoms with Crippen molar-refractivity contribution in [3.05, 3.63) is 42.0 Å². The van der Waals surface area contributed by atoms with Gasteiger partial charge in [0.05, 0.1) is 0 Å². The maximum atomic E-state index is 5.69. The minimum atomic E-state index is 0.319. The summed E-state index contributed by atoms with van der Waals surface area (Å²) in [4.78, 5) is 1.40. The van der Waals surface area contributed by atoms with Crippen molar-refractivity contribution in [2.45, 2.75) is 42.4 Å². The molecule has 3 N–H and O–H groups in total. The monoisotopic (exact) mass is 248 g/mol. The highest BCUT2D eigenvalue weighted by Crippen LogP contribution is 2.39. The smallest absolute Gasteiger partial charge is 0.0373 e. The zero-order valence-electron chi connectivity index (χ0n) is 10.3. The number of rotatable bonds is 5. The lowest BCUT2D eigenvalue weighted by molar-refractivity contribution is 0.501. The molecule has 0 spiro atoms. The molecule has 0 saturated heterocycles. The third kappa shape index (κ3) is 2.92. The Balaban J connectivity index is 2.02. The molecule has 0 aliphatic carbocycles. The SMILES string of the molecule is C=C(CC)CC(NN)C1Cc2ccccc2S1. The van der Waals surface area contributed by atoms with E-state index in [4.69, 9.17) is 5.84 Å². The van der Waals surface area contributed by atoms with Crippen LogP contribution in [0.4, 0.5) is 0 Å². The number of hydrazine groups is 1. The van der Waals surface area contributed by atoms with Gasteiger partial charge in [-0.2, -0.15) is 0 Å². The molecule has 2 nitrogen and oxygen atoms in total. The Morgan fingerprint density at radius 2 is 2.35 bits per heavy atom. The molecule has 2 rings (SSSR count). The molecule has 1 aromatic rings. The maximum absolute atomic E-state index is 5.69. The summed E-state index contributed by atoms with van der Waals surface area (Å²) >= 11 is 1.94. The summed E-state index contributed by atoms with van der Waals surface area (Å²) in [5, 5.41) is 0.528. The van der Waals surface area contributed by atoms with Crippen LogP contribution in [-0.2, 0) is 6.42 Å². The minimum Gasteiger partial charge on any atom is -0.271 e. The lowest BCUT2D eigenvalue weighted by Crippen LogP contribution is -2.42. The molecule has 0 bridgehead atoms. The molecule has 0 amide bonds. The van der Waals surface area contributed by atoms with Crippen LogP contribution in [0.1, 0.15) is 25.3 Å². The van der Waals surface area contributed by atoms with Gasteiger partial charge < -0.3 is 0 Å². The number of benzene rings is 1. The summed E-state index contributed by atoms with van der Waals surface area (Å²) < 4.78 is 0. The largest absolute Gasteiger partial charge is 0.271 e. The van der Waals surface area contributed by atoms with E-state index in [1.54, 1.807) is 0 Å². The highest BCUT2D eigenvalue weighted by Gasteiger charge is 2.28. The van der Waals surface area contributed by atoms with Gasteiger partial charge in [0.2, 0.25) is 0 Å². The number of nitrogens with two attached hydrogens (primary N) is 1. The summed E-state index contributed by atoms with van der Waals surface area (Å²) in [7, 11) is 0. The second-order valence-corrected chi connectivity index (χ2v) is 5.83. The molecule has 1 aromatic carbocycles. The first-order chi connectivity index (χ1) is 8.24. The fourth-order valence-electron chi connectivity index (χ4n) is 2.19. The number of hydrogen-bond donors (Lipinski definition) is 2. The van der Waals surface area contributed by atoms with Gasteiger partial charge in [-0.15, -0.1) is 11.8 Å². The molecule has 0 aromatic heterocycles. The van der Waals surface area contributed by atoms with Crippen molar-refractivity contribution in [3.63, 3.8) is 0 Å². The Hall–Kier alpha value is -0.770. The molecule has 1 heterocycles. The van der Waals surface area contributed by atoms with Crippen molar-refractivity contribution in [2.24, 2.45) is 5.84 Å². The van der Waals surface area contributed by atoms with Gasteiger partial charge in [0, 0.05) is 16.2 Å². The Morgan fingerprint density at radius 1 is 1.59 bits per heavy atom. The number of hydrogen-bond acceptors (Lipinski definition) is 3. The van der Waals surface area contributed by atoms with Gasteiger partial charge in [-0.3, -0.25) is 11.3 Å². The van der Waals surface area contributed by atoms with Crippen LogP contribution in [0.3, 0.4) is 0 Å². The molecule has 2 unspecified atom stereocenters. The second kappa shape index (κ2) is 5.71. The van der Waals surface area contributed by atoms with E-state index in [1.807, 2.05) is 11.8 Å². The van der Waals surface area contributed by atoms with Crippen molar-refractivity contribution in [1.82, 2.24) is 5.43 Å². The highest BCUT2D eigenvalue weighted by molar-refractivity contribution is 8.00. The van der Waals surface area contributed by atoms with Crippen molar-refractivity contribution < 1.29 is 0 Å². The molecule has 0 radical (unpaired) electrons. The van der Waals surface area contributed by atoms with E-state index in [9.17, 15) is 0 Å². The quantitative estimate of drug-likeness (QED) is 0.478. The topological polar surface area (TPSA) is 38.0 Å². The minimum absolute atomic E-state index is 0.319. The summed E-state index contributed by atoms with van der Waals surface area (Å²) in [5.41, 5.74) is 5.68. The molecule has 17 heavy (non-hydrogen) atoms. The Bertz CT molecular complexity index is 378. The van der Waals surface area contributed by atoms with E-state index >= 15 is 0 Å². The average Bonchev–Trinajstić information content (AvgIpc) is 2.78. The molecular formula is C14H20N2S. The summed E-state index contributed by atoms with van der Waals surface area (Å²) in [5.74, 6) is 5.69. The van der Waals surface area contributed by atoms with E-state index in [0.717, 1.165) is 19.3 Å². The summed E-state index contributed by atoms with van der Waals surface area (Å²) in [6.45, 7) is 6.22. The van der Waals surface area contributed by atoms with Crippen LogP contribution in [0.5, 0.6) is 0 Å². The van der Waals surface area contributed by atoms with Crippen molar-refractivity contribution >= 4 is 11.8 Å². The molecule has 0 saturated carbocycles.